The van der Waals surface area contributed by atoms with Gasteiger partial charge in [0.05, 0.1) is 5.69 Å². The van der Waals surface area contributed by atoms with E-state index >= 15 is 0 Å². The molecule has 2 aromatic carbocycles. The second kappa shape index (κ2) is 5.39. The van der Waals surface area contributed by atoms with E-state index in [0.717, 1.165) is 18.2 Å². The Labute approximate surface area is 107 Å². The molecule has 0 aliphatic carbocycles. The van der Waals surface area contributed by atoms with Gasteiger partial charge in [-0.3, -0.25) is 9.59 Å². The number of hydrogen-bond acceptors (Lipinski definition) is 2. The third-order valence-electron chi connectivity index (χ3n) is 2.49. The zero-order valence-electron chi connectivity index (χ0n) is 9.69. The van der Waals surface area contributed by atoms with Crippen LogP contribution < -0.4 is 5.32 Å². The summed E-state index contributed by atoms with van der Waals surface area (Å²) in [7, 11) is 0. The summed E-state index contributed by atoms with van der Waals surface area (Å²) in [6.07, 6.45) is 0.647. The first-order chi connectivity index (χ1) is 9.10. The minimum atomic E-state index is -0.723. The van der Waals surface area contributed by atoms with Crippen molar-refractivity contribution in [1.82, 2.24) is 0 Å². The first-order valence-corrected chi connectivity index (χ1v) is 5.42. The fraction of sp³-hybridized carbons (Fsp3) is 0. The van der Waals surface area contributed by atoms with Crippen LogP contribution in [0.25, 0.3) is 0 Å². The third-order valence-corrected chi connectivity index (χ3v) is 2.49. The molecule has 0 saturated carbocycles. The molecule has 3 nitrogen and oxygen atoms in total. The number of nitrogens with one attached hydrogen (secondary N) is 1. The van der Waals surface area contributed by atoms with Crippen LogP contribution in [-0.2, 0) is 0 Å². The molecule has 0 atom stereocenters. The lowest BCUT2D eigenvalue weighted by Gasteiger charge is -2.06. The maximum absolute atomic E-state index is 13.3. The van der Waals surface area contributed by atoms with Gasteiger partial charge >= 0.3 is 0 Å². The highest BCUT2D eigenvalue weighted by Crippen LogP contribution is 2.16. The van der Waals surface area contributed by atoms with Crippen molar-refractivity contribution in [3.8, 4) is 0 Å². The van der Waals surface area contributed by atoms with Crippen LogP contribution in [-0.4, -0.2) is 12.2 Å². The molecule has 1 N–H and O–H groups in total. The molecule has 0 radical (unpaired) electrons. The third kappa shape index (κ3) is 3.01. The van der Waals surface area contributed by atoms with E-state index in [2.05, 4.69) is 5.32 Å². The Balaban J connectivity index is 2.20. The molecule has 2 aromatic rings. The van der Waals surface area contributed by atoms with Crippen molar-refractivity contribution in [1.29, 1.82) is 0 Å². The summed E-state index contributed by atoms with van der Waals surface area (Å²) in [5, 5.41) is 2.26. The Morgan fingerprint density at radius 3 is 2.37 bits per heavy atom. The van der Waals surface area contributed by atoms with E-state index in [9.17, 15) is 18.4 Å². The summed E-state index contributed by atoms with van der Waals surface area (Å²) in [5.74, 6) is -1.95. The summed E-state index contributed by atoms with van der Waals surface area (Å²) in [4.78, 5) is 22.3. The van der Waals surface area contributed by atoms with Crippen molar-refractivity contribution in [3.05, 3.63) is 65.2 Å². The van der Waals surface area contributed by atoms with Crippen LogP contribution in [0.3, 0.4) is 0 Å². The molecule has 0 unspecified atom stereocenters. The van der Waals surface area contributed by atoms with Crippen molar-refractivity contribution in [2.45, 2.75) is 0 Å². The lowest BCUT2D eigenvalue weighted by molar-refractivity contribution is 0.102. The van der Waals surface area contributed by atoms with E-state index < -0.39 is 17.5 Å². The number of carbonyl (C=O) groups excluding carboxylic acids is 2. The van der Waals surface area contributed by atoms with Gasteiger partial charge in [0.1, 0.15) is 17.9 Å². The maximum atomic E-state index is 13.3. The smallest absolute Gasteiger partial charge is 0.255 e. The lowest BCUT2D eigenvalue weighted by Crippen LogP contribution is -2.13. The van der Waals surface area contributed by atoms with Crippen LogP contribution in [0.2, 0.25) is 0 Å². The number of benzene rings is 2. The first-order valence-electron chi connectivity index (χ1n) is 5.42. The van der Waals surface area contributed by atoms with Gasteiger partial charge in [-0.1, -0.05) is 12.1 Å². The largest absolute Gasteiger partial charge is 0.319 e. The molecule has 19 heavy (non-hydrogen) atoms. The number of halogens is 2. The Kier molecular flexibility index (Phi) is 3.66. The molecule has 0 bridgehead atoms. The Morgan fingerprint density at radius 1 is 1.05 bits per heavy atom. The predicted molar refractivity (Wildman–Crippen MR) is 66.1 cm³/mol. The molecule has 0 aliphatic heterocycles. The number of carbonyl (C=O) groups is 2. The molecule has 5 heteroatoms. The van der Waals surface area contributed by atoms with Crippen LogP contribution in [0.1, 0.15) is 20.7 Å². The molecule has 0 saturated heterocycles. The molecule has 0 heterocycles. The highest BCUT2D eigenvalue weighted by Gasteiger charge is 2.10. The highest BCUT2D eigenvalue weighted by molar-refractivity contribution is 6.04. The maximum Gasteiger partial charge on any atom is 0.255 e. The van der Waals surface area contributed by atoms with Crippen LogP contribution >= 0.6 is 0 Å². The average Bonchev–Trinajstić information content (AvgIpc) is 2.43. The zero-order chi connectivity index (χ0) is 13.8. The van der Waals surface area contributed by atoms with Gasteiger partial charge in [0.25, 0.3) is 5.91 Å². The monoisotopic (exact) mass is 261 g/mol. The quantitative estimate of drug-likeness (QED) is 0.863. The Bertz CT molecular complexity index is 624. The second-order valence-electron chi connectivity index (χ2n) is 3.82. The minimum Gasteiger partial charge on any atom is -0.319 e. The molecular weight excluding hydrogens is 252 g/mol. The number of aldehydes is 1. The van der Waals surface area contributed by atoms with Crippen LogP contribution in [0.15, 0.2) is 42.5 Å². The van der Waals surface area contributed by atoms with Gasteiger partial charge in [-0.15, -0.1) is 0 Å². The summed E-state index contributed by atoms with van der Waals surface area (Å²) in [6, 6.07) is 8.57. The van der Waals surface area contributed by atoms with Crippen LogP contribution in [0, 0.1) is 11.6 Å². The van der Waals surface area contributed by atoms with Crippen molar-refractivity contribution in [3.63, 3.8) is 0 Å². The zero-order valence-corrected chi connectivity index (χ0v) is 9.69. The average molecular weight is 261 g/mol. The fourth-order valence-corrected chi connectivity index (χ4v) is 1.50. The van der Waals surface area contributed by atoms with Gasteiger partial charge in [0.15, 0.2) is 0 Å². The van der Waals surface area contributed by atoms with E-state index in [1.165, 1.54) is 24.3 Å². The summed E-state index contributed by atoms with van der Waals surface area (Å²) < 4.78 is 26.3. The molecule has 1 amide bonds. The Morgan fingerprint density at radius 2 is 1.74 bits per heavy atom. The van der Waals surface area contributed by atoms with Crippen molar-refractivity contribution in [2.24, 2.45) is 0 Å². The van der Waals surface area contributed by atoms with E-state index in [1.54, 1.807) is 0 Å². The first kappa shape index (κ1) is 12.9. The van der Waals surface area contributed by atoms with Crippen molar-refractivity contribution in [2.75, 3.05) is 5.32 Å². The van der Waals surface area contributed by atoms with Crippen molar-refractivity contribution < 1.29 is 18.4 Å². The molecular formula is C14H9F2NO2. The van der Waals surface area contributed by atoms with Crippen molar-refractivity contribution >= 4 is 17.9 Å². The molecule has 96 valence electrons. The number of amides is 1. The number of rotatable bonds is 3. The van der Waals surface area contributed by atoms with Gasteiger partial charge in [-0.2, -0.15) is 0 Å². The molecule has 0 fully saturated rings. The molecule has 2 rings (SSSR count). The Hall–Kier alpha value is -2.56. The predicted octanol–water partition coefficient (Wildman–Crippen LogP) is 3.03. The minimum absolute atomic E-state index is 0.232. The van der Waals surface area contributed by atoms with Gasteiger partial charge in [0, 0.05) is 17.2 Å². The van der Waals surface area contributed by atoms with Gasteiger partial charge in [0.2, 0.25) is 0 Å². The fourth-order valence-electron chi connectivity index (χ4n) is 1.50. The van der Waals surface area contributed by atoms with E-state index in [1.807, 2.05) is 0 Å². The number of anilines is 1. The van der Waals surface area contributed by atoms with Gasteiger partial charge in [-0.05, 0) is 24.3 Å². The van der Waals surface area contributed by atoms with Gasteiger partial charge in [-0.25, -0.2) is 8.78 Å². The van der Waals surface area contributed by atoms with E-state index in [4.69, 9.17) is 0 Å². The van der Waals surface area contributed by atoms with Gasteiger partial charge < -0.3 is 5.32 Å². The molecule has 0 aliphatic rings. The standard InChI is InChI=1S/C14H9F2NO2/c15-11-5-6-12(16)13(7-11)17-14(19)10-3-1-9(8-18)2-4-10/h1-8H,(H,17,19). The summed E-state index contributed by atoms with van der Waals surface area (Å²) in [6.45, 7) is 0. The number of hydrogen-bond donors (Lipinski definition) is 1. The topological polar surface area (TPSA) is 46.2 Å². The molecule has 0 aromatic heterocycles. The van der Waals surface area contributed by atoms with E-state index in [-0.39, 0.29) is 11.3 Å². The van der Waals surface area contributed by atoms with E-state index in [0.29, 0.717) is 11.8 Å². The highest BCUT2D eigenvalue weighted by atomic mass is 19.1. The summed E-state index contributed by atoms with van der Waals surface area (Å²) >= 11 is 0. The normalized spacial score (nSPS) is 10.0. The van der Waals surface area contributed by atoms with Crippen LogP contribution in [0.4, 0.5) is 14.5 Å². The summed E-state index contributed by atoms with van der Waals surface area (Å²) in [5.41, 5.74) is 0.437. The van der Waals surface area contributed by atoms with Crippen LogP contribution in [0.5, 0.6) is 0 Å². The molecule has 0 spiro atoms. The second-order valence-corrected chi connectivity index (χ2v) is 3.82. The SMILES string of the molecule is O=Cc1ccc(C(=O)Nc2cc(F)ccc2F)cc1. The lowest BCUT2D eigenvalue weighted by atomic mass is 10.1.